The molecule has 0 aromatic heterocycles. The van der Waals surface area contributed by atoms with Crippen molar-refractivity contribution in [2.24, 2.45) is 17.8 Å². The Balaban J connectivity index is 1.68. The van der Waals surface area contributed by atoms with Gasteiger partial charge in [0.1, 0.15) is 11.6 Å². The van der Waals surface area contributed by atoms with Gasteiger partial charge in [-0.2, -0.15) is 0 Å². The molecule has 0 amide bonds. The summed E-state index contributed by atoms with van der Waals surface area (Å²) in [6, 6.07) is 4.26. The lowest BCUT2D eigenvalue weighted by Crippen LogP contribution is -2.38. The Labute approximate surface area is 119 Å². The number of fused-ring (bicyclic) bond motifs is 1. The van der Waals surface area contributed by atoms with Gasteiger partial charge in [-0.1, -0.05) is 6.92 Å². The van der Waals surface area contributed by atoms with Crippen molar-refractivity contribution in [3.63, 3.8) is 0 Å². The molecule has 2 aliphatic rings. The van der Waals surface area contributed by atoms with E-state index in [0.717, 1.165) is 42.9 Å². The van der Waals surface area contributed by atoms with Crippen LogP contribution in [-0.2, 0) is 6.42 Å². The van der Waals surface area contributed by atoms with Crippen LogP contribution in [0, 0.1) is 29.4 Å². The minimum atomic E-state index is -0.469. The average Bonchev–Trinajstić information content (AvgIpc) is 3.00. The van der Waals surface area contributed by atoms with Crippen LogP contribution in [0.4, 0.5) is 8.78 Å². The Morgan fingerprint density at radius 2 is 1.75 bits per heavy atom. The molecule has 110 valence electrons. The summed E-state index contributed by atoms with van der Waals surface area (Å²) in [4.78, 5) is 0. The smallest absolute Gasteiger partial charge is 0.126 e. The topological polar surface area (TPSA) is 12.0 Å². The Kier molecular flexibility index (Phi) is 4.06. The summed E-state index contributed by atoms with van der Waals surface area (Å²) in [6.45, 7) is 3.13. The van der Waals surface area contributed by atoms with Crippen LogP contribution < -0.4 is 5.32 Å². The predicted octanol–water partition coefficient (Wildman–Crippen LogP) is 3.92. The Morgan fingerprint density at radius 1 is 1.10 bits per heavy atom. The zero-order valence-corrected chi connectivity index (χ0v) is 12.0. The lowest BCUT2D eigenvalue weighted by molar-refractivity contribution is 0.332. The van der Waals surface area contributed by atoms with E-state index in [1.165, 1.54) is 31.4 Å². The fourth-order valence-corrected chi connectivity index (χ4v) is 3.81. The highest BCUT2D eigenvalue weighted by Crippen LogP contribution is 2.55. The van der Waals surface area contributed by atoms with E-state index < -0.39 is 11.6 Å². The van der Waals surface area contributed by atoms with Crippen LogP contribution in [0.1, 0.15) is 38.2 Å². The van der Waals surface area contributed by atoms with Crippen LogP contribution in [0.3, 0.4) is 0 Å². The van der Waals surface area contributed by atoms with Crippen molar-refractivity contribution < 1.29 is 8.78 Å². The third kappa shape index (κ3) is 3.20. The zero-order valence-electron chi connectivity index (χ0n) is 12.0. The summed E-state index contributed by atoms with van der Waals surface area (Å²) in [5.74, 6) is 1.62. The van der Waals surface area contributed by atoms with Crippen LogP contribution >= 0.6 is 0 Å². The van der Waals surface area contributed by atoms with Gasteiger partial charge < -0.3 is 5.32 Å². The highest BCUT2D eigenvalue weighted by atomic mass is 19.1. The summed E-state index contributed by atoms with van der Waals surface area (Å²) in [5, 5.41) is 3.59. The maximum Gasteiger partial charge on any atom is 0.126 e. The fraction of sp³-hybridized carbons (Fsp3) is 0.647. The van der Waals surface area contributed by atoms with Gasteiger partial charge in [0, 0.05) is 12.1 Å². The van der Waals surface area contributed by atoms with E-state index >= 15 is 0 Å². The molecule has 1 nitrogen and oxygen atoms in total. The minimum Gasteiger partial charge on any atom is -0.313 e. The number of benzene rings is 1. The van der Waals surface area contributed by atoms with Gasteiger partial charge in [-0.25, -0.2) is 8.78 Å². The average molecular weight is 279 g/mol. The molecule has 2 fully saturated rings. The summed E-state index contributed by atoms with van der Waals surface area (Å²) in [6.07, 6.45) is 5.83. The number of nitrogens with one attached hydrogen (secondary N) is 1. The molecule has 1 aromatic carbocycles. The maximum atomic E-state index is 13.3. The Hall–Kier alpha value is -0.960. The number of hydrogen-bond donors (Lipinski definition) is 1. The highest BCUT2D eigenvalue weighted by Gasteiger charge is 2.47. The van der Waals surface area contributed by atoms with E-state index in [2.05, 4.69) is 12.2 Å². The molecule has 2 saturated carbocycles. The van der Waals surface area contributed by atoms with E-state index in [0.29, 0.717) is 12.0 Å². The quantitative estimate of drug-likeness (QED) is 0.832. The predicted molar refractivity (Wildman–Crippen MR) is 76.5 cm³/mol. The molecule has 3 unspecified atom stereocenters. The SMILES string of the molecule is CCCNC(Cc1cc(F)cc(F)c1)C1CC2CC2C1. The van der Waals surface area contributed by atoms with E-state index in [4.69, 9.17) is 0 Å². The van der Waals surface area contributed by atoms with Gasteiger partial charge in [0.15, 0.2) is 0 Å². The molecule has 3 heteroatoms. The number of rotatable bonds is 6. The van der Waals surface area contributed by atoms with Gasteiger partial charge >= 0.3 is 0 Å². The molecular weight excluding hydrogens is 256 g/mol. The van der Waals surface area contributed by atoms with Crippen LogP contribution in [0.15, 0.2) is 18.2 Å². The first-order valence-corrected chi connectivity index (χ1v) is 7.84. The third-order valence-corrected chi connectivity index (χ3v) is 4.88. The Morgan fingerprint density at radius 3 is 2.35 bits per heavy atom. The molecule has 2 aliphatic carbocycles. The van der Waals surface area contributed by atoms with Gasteiger partial charge in [-0.05, 0) is 74.1 Å². The largest absolute Gasteiger partial charge is 0.313 e. The van der Waals surface area contributed by atoms with E-state index in [1.54, 1.807) is 0 Å². The second-order valence-electron chi connectivity index (χ2n) is 6.53. The molecular formula is C17H23F2N. The number of hydrogen-bond acceptors (Lipinski definition) is 1. The van der Waals surface area contributed by atoms with Gasteiger partial charge in [0.25, 0.3) is 0 Å². The summed E-state index contributed by atoms with van der Waals surface area (Å²) >= 11 is 0. The van der Waals surface area contributed by atoms with E-state index in [-0.39, 0.29) is 0 Å². The van der Waals surface area contributed by atoms with Crippen LogP contribution in [0.2, 0.25) is 0 Å². The first-order valence-electron chi connectivity index (χ1n) is 7.84. The zero-order chi connectivity index (χ0) is 14.1. The van der Waals surface area contributed by atoms with Crippen molar-refractivity contribution >= 4 is 0 Å². The molecule has 3 rings (SSSR count). The van der Waals surface area contributed by atoms with Crippen LogP contribution in [0.25, 0.3) is 0 Å². The molecule has 0 spiro atoms. The van der Waals surface area contributed by atoms with E-state index in [1.807, 2.05) is 0 Å². The van der Waals surface area contributed by atoms with Crippen molar-refractivity contribution in [2.75, 3.05) is 6.54 Å². The molecule has 0 aliphatic heterocycles. The van der Waals surface area contributed by atoms with Gasteiger partial charge in [-0.3, -0.25) is 0 Å². The number of halogens is 2. The standard InChI is InChI=1S/C17H23F2N/c1-2-3-20-17(14-8-12-7-13(12)9-14)6-11-4-15(18)10-16(19)5-11/h4-5,10,12-14,17,20H,2-3,6-9H2,1H3. The lowest BCUT2D eigenvalue weighted by atomic mass is 9.89. The van der Waals surface area contributed by atoms with Crippen molar-refractivity contribution in [1.29, 1.82) is 0 Å². The molecule has 0 radical (unpaired) electrons. The summed E-state index contributed by atoms with van der Waals surface area (Å²) in [7, 11) is 0. The molecule has 0 bridgehead atoms. The van der Waals surface area contributed by atoms with Crippen LogP contribution in [-0.4, -0.2) is 12.6 Å². The minimum absolute atomic E-state index is 0.365. The molecule has 0 heterocycles. The van der Waals surface area contributed by atoms with Crippen LogP contribution in [0.5, 0.6) is 0 Å². The highest BCUT2D eigenvalue weighted by molar-refractivity contribution is 5.19. The second kappa shape index (κ2) is 5.80. The molecule has 0 saturated heterocycles. The maximum absolute atomic E-state index is 13.3. The lowest BCUT2D eigenvalue weighted by Gasteiger charge is -2.26. The van der Waals surface area contributed by atoms with Crippen molar-refractivity contribution in [1.82, 2.24) is 5.32 Å². The first kappa shape index (κ1) is 14.0. The molecule has 3 atom stereocenters. The summed E-state index contributed by atoms with van der Waals surface area (Å²) in [5.41, 5.74) is 0.775. The van der Waals surface area contributed by atoms with Crippen molar-refractivity contribution in [2.45, 2.75) is 45.1 Å². The Bertz CT molecular complexity index is 444. The normalized spacial score (nSPS) is 29.2. The molecule has 1 N–H and O–H groups in total. The van der Waals surface area contributed by atoms with Gasteiger partial charge in [0.2, 0.25) is 0 Å². The molecule has 1 aromatic rings. The fourth-order valence-electron chi connectivity index (χ4n) is 3.81. The molecule has 20 heavy (non-hydrogen) atoms. The van der Waals surface area contributed by atoms with Crippen molar-refractivity contribution in [3.05, 3.63) is 35.4 Å². The van der Waals surface area contributed by atoms with E-state index in [9.17, 15) is 8.78 Å². The van der Waals surface area contributed by atoms with Crippen molar-refractivity contribution in [3.8, 4) is 0 Å². The van der Waals surface area contributed by atoms with Gasteiger partial charge in [0.05, 0.1) is 0 Å². The monoisotopic (exact) mass is 279 g/mol. The first-order chi connectivity index (χ1) is 9.65. The van der Waals surface area contributed by atoms with Gasteiger partial charge in [-0.15, -0.1) is 0 Å². The third-order valence-electron chi connectivity index (χ3n) is 4.88. The second-order valence-corrected chi connectivity index (χ2v) is 6.53. The summed E-state index contributed by atoms with van der Waals surface area (Å²) < 4.78 is 26.6.